The number of benzene rings is 2. The molecule has 1 saturated carbocycles. The van der Waals surface area contributed by atoms with Crippen LogP contribution < -0.4 is 0 Å². The van der Waals surface area contributed by atoms with Crippen LogP contribution in [0.4, 0.5) is 0 Å². The molecule has 24 heavy (non-hydrogen) atoms. The molecule has 2 unspecified atom stereocenters. The predicted molar refractivity (Wildman–Crippen MR) is 97.5 cm³/mol. The number of carboxylic acid groups (broad SMARTS) is 1. The molecular weight excluding hydrogens is 296 g/mol. The van der Waals surface area contributed by atoms with Crippen LogP contribution in [-0.2, 0) is 0 Å². The zero-order valence-electron chi connectivity index (χ0n) is 14.2. The third-order valence-corrected chi connectivity index (χ3v) is 5.71. The third kappa shape index (κ3) is 2.47. The Hall–Kier alpha value is -2.35. The number of fused-ring (bicyclic) bond motifs is 5. The molecule has 0 radical (unpaired) electrons. The zero-order chi connectivity index (χ0) is 16.8. The van der Waals surface area contributed by atoms with E-state index in [0.717, 1.165) is 17.4 Å². The lowest BCUT2D eigenvalue weighted by Crippen LogP contribution is -2.00. The van der Waals surface area contributed by atoms with Crippen LogP contribution in [0.5, 0.6) is 0 Å². The summed E-state index contributed by atoms with van der Waals surface area (Å²) in [6, 6.07) is 11.9. The van der Waals surface area contributed by atoms with Crippen molar-refractivity contribution in [3.05, 3.63) is 69.8 Å². The Morgan fingerprint density at radius 2 is 1.71 bits per heavy atom. The molecule has 1 N–H and O–H groups in total. The Morgan fingerprint density at radius 3 is 2.33 bits per heavy atom. The second kappa shape index (κ2) is 5.62. The summed E-state index contributed by atoms with van der Waals surface area (Å²) in [5.74, 6) is 0.685. The first-order valence-corrected chi connectivity index (χ1v) is 8.69. The van der Waals surface area contributed by atoms with Crippen molar-refractivity contribution in [3.8, 4) is 0 Å². The summed E-state index contributed by atoms with van der Waals surface area (Å²) in [7, 11) is 0. The lowest BCUT2D eigenvalue weighted by Gasteiger charge is -2.18. The first-order chi connectivity index (χ1) is 11.5. The van der Waals surface area contributed by atoms with Gasteiger partial charge in [0, 0.05) is 0 Å². The molecule has 2 bridgehead atoms. The summed E-state index contributed by atoms with van der Waals surface area (Å²) in [6.45, 7) is 4.35. The van der Waals surface area contributed by atoms with Crippen LogP contribution >= 0.6 is 0 Å². The predicted octanol–water partition coefficient (Wildman–Crippen LogP) is 5.62. The minimum Gasteiger partial charge on any atom is -0.478 e. The number of hydrogen-bond acceptors (Lipinski definition) is 1. The van der Waals surface area contributed by atoms with E-state index in [0.29, 0.717) is 5.56 Å². The van der Waals surface area contributed by atoms with E-state index in [1.165, 1.54) is 36.0 Å². The summed E-state index contributed by atoms with van der Waals surface area (Å²) >= 11 is 0. The quantitative estimate of drug-likeness (QED) is 0.746. The molecule has 0 aliphatic heterocycles. The Kier molecular flexibility index (Phi) is 3.56. The molecule has 2 aliphatic carbocycles. The minimum absolute atomic E-state index is 0.328. The molecule has 2 aliphatic rings. The molecule has 0 aromatic heterocycles. The van der Waals surface area contributed by atoms with Crippen molar-refractivity contribution in [2.24, 2.45) is 0 Å². The number of rotatable bonds is 3. The van der Waals surface area contributed by atoms with Crippen molar-refractivity contribution < 1.29 is 9.90 Å². The third-order valence-electron chi connectivity index (χ3n) is 5.71. The van der Waals surface area contributed by atoms with Crippen LogP contribution in [0.3, 0.4) is 0 Å². The van der Waals surface area contributed by atoms with Gasteiger partial charge in [-0.3, -0.25) is 0 Å². The smallest absolute Gasteiger partial charge is 0.335 e. The molecule has 122 valence electrons. The van der Waals surface area contributed by atoms with Gasteiger partial charge in [-0.1, -0.05) is 30.3 Å². The van der Waals surface area contributed by atoms with E-state index in [1.807, 2.05) is 12.1 Å². The summed E-state index contributed by atoms with van der Waals surface area (Å²) in [4.78, 5) is 11.0. The van der Waals surface area contributed by atoms with Gasteiger partial charge in [0.05, 0.1) is 5.56 Å². The molecule has 1 fully saturated rings. The monoisotopic (exact) mass is 318 g/mol. The largest absolute Gasteiger partial charge is 0.478 e. The summed E-state index contributed by atoms with van der Waals surface area (Å²) in [5.41, 5.74) is 8.43. The van der Waals surface area contributed by atoms with Crippen LogP contribution in [0.15, 0.2) is 36.4 Å². The maximum atomic E-state index is 11.0. The molecule has 0 heterocycles. The van der Waals surface area contributed by atoms with Gasteiger partial charge in [-0.25, -0.2) is 4.79 Å². The number of aromatic carboxylic acids is 1. The number of carbonyl (C=O) groups is 1. The lowest BCUT2D eigenvalue weighted by molar-refractivity contribution is 0.0697. The zero-order valence-corrected chi connectivity index (χ0v) is 14.2. The molecule has 0 amide bonds. The fourth-order valence-corrected chi connectivity index (χ4v) is 4.48. The maximum absolute atomic E-state index is 11.0. The highest BCUT2D eigenvalue weighted by Crippen LogP contribution is 2.53. The molecule has 2 heteroatoms. The van der Waals surface area contributed by atoms with Gasteiger partial charge in [0.1, 0.15) is 0 Å². The van der Waals surface area contributed by atoms with Crippen LogP contribution in [0, 0.1) is 6.92 Å². The molecule has 0 spiro atoms. The second-order valence-electron chi connectivity index (χ2n) is 7.26. The van der Waals surface area contributed by atoms with Gasteiger partial charge in [-0.2, -0.15) is 0 Å². The van der Waals surface area contributed by atoms with Gasteiger partial charge >= 0.3 is 5.97 Å². The van der Waals surface area contributed by atoms with Crippen LogP contribution in [0.1, 0.15) is 76.2 Å². The van der Waals surface area contributed by atoms with Gasteiger partial charge < -0.3 is 5.11 Å². The van der Waals surface area contributed by atoms with E-state index in [1.54, 1.807) is 23.3 Å². The summed E-state index contributed by atoms with van der Waals surface area (Å²) in [5, 5.41) is 9.00. The molecule has 2 aromatic rings. The van der Waals surface area contributed by atoms with E-state index in [4.69, 9.17) is 5.11 Å². The molecule has 4 rings (SSSR count). The van der Waals surface area contributed by atoms with Gasteiger partial charge in [-0.15, -0.1) is 0 Å². The van der Waals surface area contributed by atoms with Gasteiger partial charge in [0.2, 0.25) is 0 Å². The lowest BCUT2D eigenvalue weighted by atomic mass is 9.86. The minimum atomic E-state index is -0.883. The average molecular weight is 318 g/mol. The normalized spacial score (nSPS) is 21.8. The van der Waals surface area contributed by atoms with E-state index in [-0.39, 0.29) is 0 Å². The number of hydrogen-bond donors (Lipinski definition) is 1. The summed E-state index contributed by atoms with van der Waals surface area (Å²) < 4.78 is 0. The maximum Gasteiger partial charge on any atom is 0.335 e. The van der Waals surface area contributed by atoms with Crippen molar-refractivity contribution in [1.82, 2.24) is 0 Å². The van der Waals surface area contributed by atoms with Gasteiger partial charge in [-0.05, 0) is 90.5 Å². The van der Waals surface area contributed by atoms with Crippen LogP contribution in [0.25, 0.3) is 11.6 Å². The standard InChI is InChI=1S/C22H22O2/c1-13(9-15-3-5-16(6-4-15)22(23)24)19-12-21-18-8-7-17(11-18)20(21)10-14(19)2/h3-6,9-10,12,17-18H,7-8,11H2,1-2H3,(H,23,24)/b13-9+. The Balaban J connectivity index is 1.68. The van der Waals surface area contributed by atoms with Crippen LogP contribution in [0.2, 0.25) is 0 Å². The average Bonchev–Trinajstić information content (AvgIpc) is 3.16. The van der Waals surface area contributed by atoms with Gasteiger partial charge in [0.15, 0.2) is 0 Å². The van der Waals surface area contributed by atoms with Gasteiger partial charge in [0.25, 0.3) is 0 Å². The Bertz CT molecular complexity index is 843. The van der Waals surface area contributed by atoms with Crippen molar-refractivity contribution in [2.75, 3.05) is 0 Å². The first-order valence-electron chi connectivity index (χ1n) is 8.69. The number of carboxylic acids is 1. The van der Waals surface area contributed by atoms with Crippen molar-refractivity contribution >= 4 is 17.6 Å². The van der Waals surface area contributed by atoms with E-state index in [9.17, 15) is 4.79 Å². The van der Waals surface area contributed by atoms with Crippen molar-refractivity contribution in [2.45, 2.75) is 44.9 Å². The van der Waals surface area contributed by atoms with E-state index >= 15 is 0 Å². The Morgan fingerprint density at radius 1 is 1.08 bits per heavy atom. The highest BCUT2D eigenvalue weighted by Gasteiger charge is 2.37. The Labute approximate surface area is 142 Å². The van der Waals surface area contributed by atoms with E-state index < -0.39 is 5.97 Å². The first kappa shape index (κ1) is 15.2. The fraction of sp³-hybridized carbons (Fsp3) is 0.318. The number of allylic oxidation sites excluding steroid dienone is 1. The van der Waals surface area contributed by atoms with E-state index in [2.05, 4.69) is 32.1 Å². The summed E-state index contributed by atoms with van der Waals surface area (Å²) in [6.07, 6.45) is 6.20. The molecular formula is C22H22O2. The highest BCUT2D eigenvalue weighted by molar-refractivity contribution is 5.88. The molecule has 0 saturated heterocycles. The molecule has 2 nitrogen and oxygen atoms in total. The topological polar surface area (TPSA) is 37.3 Å². The fourth-order valence-electron chi connectivity index (χ4n) is 4.48. The SMILES string of the molecule is C/C(=C\c1ccc(C(=O)O)cc1)c1cc2c(cc1C)C1CCC2C1. The molecule has 2 atom stereocenters. The van der Waals surface area contributed by atoms with Crippen LogP contribution in [-0.4, -0.2) is 11.1 Å². The molecule has 2 aromatic carbocycles. The second-order valence-corrected chi connectivity index (χ2v) is 7.26. The van der Waals surface area contributed by atoms with Crippen molar-refractivity contribution in [1.29, 1.82) is 0 Å². The number of aryl methyl sites for hydroxylation is 1. The van der Waals surface area contributed by atoms with Crippen molar-refractivity contribution in [3.63, 3.8) is 0 Å². The highest BCUT2D eigenvalue weighted by atomic mass is 16.4.